The van der Waals surface area contributed by atoms with Gasteiger partial charge >= 0.3 is 12.3 Å². The van der Waals surface area contributed by atoms with Gasteiger partial charge in [0.1, 0.15) is 0 Å². The first-order valence-electron chi connectivity index (χ1n) is 6.63. The number of halogens is 3. The molecule has 124 valence electrons. The molecule has 0 saturated carbocycles. The Morgan fingerprint density at radius 1 is 1.25 bits per heavy atom. The van der Waals surface area contributed by atoms with Gasteiger partial charge in [-0.05, 0) is 18.2 Å². The molecule has 3 N–H and O–H groups in total. The molecule has 3 rings (SSSR count). The van der Waals surface area contributed by atoms with Crippen LogP contribution in [-0.2, 0) is 6.18 Å². The lowest BCUT2D eigenvalue weighted by Crippen LogP contribution is -2.16. The highest BCUT2D eigenvalue weighted by atomic mass is 32.2. The minimum atomic E-state index is -4.50. The number of alkyl halides is 3. The van der Waals surface area contributed by atoms with Crippen molar-refractivity contribution in [3.63, 3.8) is 0 Å². The van der Waals surface area contributed by atoms with Crippen LogP contribution in [0.1, 0.15) is 5.56 Å². The van der Waals surface area contributed by atoms with Crippen molar-refractivity contribution in [3.05, 3.63) is 48.3 Å². The molecule has 0 aliphatic carbocycles. The van der Waals surface area contributed by atoms with Crippen LogP contribution in [0.3, 0.4) is 0 Å². The Morgan fingerprint density at radius 3 is 2.71 bits per heavy atom. The average molecular weight is 353 g/mol. The molecule has 1 aromatic carbocycles. The Balaban J connectivity index is 2.12. The van der Waals surface area contributed by atoms with Gasteiger partial charge in [-0.3, -0.25) is 4.98 Å². The first-order valence-corrected chi connectivity index (χ1v) is 7.45. The Morgan fingerprint density at radius 2 is 2.00 bits per heavy atom. The first-order chi connectivity index (χ1) is 11.4. The van der Waals surface area contributed by atoms with Crippen molar-refractivity contribution in [1.82, 2.24) is 9.97 Å². The Kier molecular flexibility index (Phi) is 4.10. The number of benzene rings is 1. The van der Waals surface area contributed by atoms with E-state index in [-0.39, 0.29) is 10.8 Å². The van der Waals surface area contributed by atoms with Gasteiger partial charge < -0.3 is 15.5 Å². The molecule has 0 aliphatic rings. The van der Waals surface area contributed by atoms with Gasteiger partial charge in [-0.25, -0.2) is 4.79 Å². The maximum absolute atomic E-state index is 13.2. The molecule has 0 saturated heterocycles. The first kappa shape index (κ1) is 16.2. The highest BCUT2D eigenvalue weighted by Crippen LogP contribution is 2.44. The summed E-state index contributed by atoms with van der Waals surface area (Å²) in [6, 6.07) is 6.77. The van der Waals surface area contributed by atoms with Crippen LogP contribution < -0.4 is 10.5 Å². The van der Waals surface area contributed by atoms with E-state index in [4.69, 9.17) is 10.5 Å². The van der Waals surface area contributed by atoms with Crippen LogP contribution in [0.2, 0.25) is 0 Å². The second kappa shape index (κ2) is 6.08. The minimum absolute atomic E-state index is 0.0166. The average Bonchev–Trinajstić information content (AvgIpc) is 2.84. The number of amides is 1. The van der Waals surface area contributed by atoms with E-state index in [9.17, 15) is 18.0 Å². The third-order valence-electron chi connectivity index (χ3n) is 3.13. The summed E-state index contributed by atoms with van der Waals surface area (Å²) in [5.41, 5.74) is 4.76. The van der Waals surface area contributed by atoms with Gasteiger partial charge in [-0.2, -0.15) is 13.2 Å². The number of fused-ring (bicyclic) bond motifs is 1. The molecule has 0 radical (unpaired) electrons. The van der Waals surface area contributed by atoms with E-state index in [1.807, 2.05) is 0 Å². The SMILES string of the molecule is NC(=O)Oc1[nH]c2cnccc2c1Sc1ccccc1C(F)(F)F. The lowest BCUT2D eigenvalue weighted by atomic mass is 10.2. The van der Waals surface area contributed by atoms with Gasteiger partial charge in [0.2, 0.25) is 5.88 Å². The smallest absolute Gasteiger partial charge is 0.392 e. The van der Waals surface area contributed by atoms with E-state index in [0.717, 1.165) is 17.8 Å². The van der Waals surface area contributed by atoms with Gasteiger partial charge in [0.25, 0.3) is 0 Å². The molecule has 3 aromatic rings. The van der Waals surface area contributed by atoms with Crippen molar-refractivity contribution in [2.45, 2.75) is 16.0 Å². The molecule has 0 aliphatic heterocycles. The number of nitrogens with zero attached hydrogens (tertiary/aromatic N) is 1. The molecule has 2 heterocycles. The normalized spacial score (nSPS) is 11.6. The summed E-state index contributed by atoms with van der Waals surface area (Å²) in [7, 11) is 0. The van der Waals surface area contributed by atoms with Crippen molar-refractivity contribution in [1.29, 1.82) is 0 Å². The fourth-order valence-corrected chi connectivity index (χ4v) is 3.30. The molecule has 0 spiro atoms. The number of carbonyl (C=O) groups is 1. The van der Waals surface area contributed by atoms with Crippen LogP contribution >= 0.6 is 11.8 Å². The number of hydrogen-bond donors (Lipinski definition) is 2. The van der Waals surface area contributed by atoms with Crippen molar-refractivity contribution in [2.75, 3.05) is 0 Å². The predicted octanol–water partition coefficient (Wildman–Crippen LogP) is 4.19. The van der Waals surface area contributed by atoms with Crippen molar-refractivity contribution in [2.24, 2.45) is 5.73 Å². The Labute approximate surface area is 138 Å². The van der Waals surface area contributed by atoms with Gasteiger partial charge in [0.05, 0.1) is 22.2 Å². The molecule has 9 heteroatoms. The van der Waals surface area contributed by atoms with Crippen molar-refractivity contribution in [3.8, 4) is 5.88 Å². The van der Waals surface area contributed by atoms with Gasteiger partial charge in [0.15, 0.2) is 0 Å². The maximum atomic E-state index is 13.2. The third-order valence-corrected chi connectivity index (χ3v) is 4.31. The maximum Gasteiger partial charge on any atom is 0.417 e. The summed E-state index contributed by atoms with van der Waals surface area (Å²) in [6.07, 6.45) is -2.60. The zero-order valence-corrected chi connectivity index (χ0v) is 12.7. The van der Waals surface area contributed by atoms with Gasteiger partial charge in [-0.15, -0.1) is 0 Å². The number of H-pyrrole nitrogens is 1. The van der Waals surface area contributed by atoms with E-state index in [0.29, 0.717) is 15.8 Å². The van der Waals surface area contributed by atoms with Crippen molar-refractivity contribution < 1.29 is 22.7 Å². The largest absolute Gasteiger partial charge is 0.417 e. The van der Waals surface area contributed by atoms with E-state index >= 15 is 0 Å². The number of aromatic amines is 1. The van der Waals surface area contributed by atoms with Crippen LogP contribution in [0.4, 0.5) is 18.0 Å². The number of aromatic nitrogens is 2. The molecular weight excluding hydrogens is 343 g/mol. The summed E-state index contributed by atoms with van der Waals surface area (Å²) < 4.78 is 44.4. The lowest BCUT2D eigenvalue weighted by Gasteiger charge is -2.12. The van der Waals surface area contributed by atoms with Crippen LogP contribution in [0.25, 0.3) is 10.9 Å². The summed E-state index contributed by atoms with van der Waals surface area (Å²) in [5, 5.41) is 0.572. The number of primary amides is 1. The molecule has 1 amide bonds. The number of pyridine rings is 1. The van der Waals surface area contributed by atoms with Crippen LogP contribution in [0, 0.1) is 0 Å². The lowest BCUT2D eigenvalue weighted by molar-refractivity contribution is -0.139. The van der Waals surface area contributed by atoms with E-state index in [1.54, 1.807) is 6.07 Å². The minimum Gasteiger partial charge on any atom is -0.392 e. The van der Waals surface area contributed by atoms with Gasteiger partial charge in [0, 0.05) is 16.5 Å². The molecule has 2 aromatic heterocycles. The van der Waals surface area contributed by atoms with E-state index in [1.165, 1.54) is 30.6 Å². The van der Waals surface area contributed by atoms with E-state index < -0.39 is 17.8 Å². The molecule has 0 atom stereocenters. The zero-order valence-electron chi connectivity index (χ0n) is 11.9. The van der Waals surface area contributed by atoms with Crippen LogP contribution in [0.5, 0.6) is 5.88 Å². The van der Waals surface area contributed by atoms with Gasteiger partial charge in [-0.1, -0.05) is 23.9 Å². The Bertz CT molecular complexity index is 908. The van der Waals surface area contributed by atoms with E-state index in [2.05, 4.69) is 9.97 Å². The summed E-state index contributed by atoms with van der Waals surface area (Å²) >= 11 is 0.834. The summed E-state index contributed by atoms with van der Waals surface area (Å²) in [4.78, 5) is 18.1. The molecule has 0 fully saturated rings. The second-order valence-electron chi connectivity index (χ2n) is 4.72. The zero-order chi connectivity index (χ0) is 17.3. The topological polar surface area (TPSA) is 81.0 Å². The summed E-state index contributed by atoms with van der Waals surface area (Å²) in [5.74, 6) is -0.0209. The van der Waals surface area contributed by atoms with Crippen LogP contribution in [-0.4, -0.2) is 16.1 Å². The second-order valence-corrected chi connectivity index (χ2v) is 5.77. The molecule has 24 heavy (non-hydrogen) atoms. The number of carbonyl (C=O) groups excluding carboxylic acids is 1. The fourth-order valence-electron chi connectivity index (χ4n) is 2.17. The highest BCUT2D eigenvalue weighted by molar-refractivity contribution is 7.99. The summed E-state index contributed by atoms with van der Waals surface area (Å²) in [6.45, 7) is 0. The number of rotatable bonds is 3. The highest BCUT2D eigenvalue weighted by Gasteiger charge is 2.33. The molecule has 5 nitrogen and oxygen atoms in total. The van der Waals surface area contributed by atoms with Crippen LogP contribution in [0.15, 0.2) is 52.5 Å². The Hall–Kier alpha value is -2.68. The monoisotopic (exact) mass is 353 g/mol. The standard InChI is InChI=1S/C15H10F3N3O2S/c16-15(17,18)9-3-1-2-4-11(9)24-12-8-5-6-20-7-10(8)21-13(12)23-14(19)22/h1-7,21H,(H2,19,22). The molecule has 0 unspecified atom stereocenters. The number of nitrogens with two attached hydrogens (primary N) is 1. The number of hydrogen-bond acceptors (Lipinski definition) is 4. The predicted molar refractivity (Wildman–Crippen MR) is 81.9 cm³/mol. The number of nitrogens with one attached hydrogen (secondary N) is 1. The quantitative estimate of drug-likeness (QED) is 0.740. The molecule has 0 bridgehead atoms. The number of ether oxygens (including phenoxy) is 1. The third kappa shape index (κ3) is 3.16. The van der Waals surface area contributed by atoms with Crippen molar-refractivity contribution >= 4 is 28.8 Å². The fraction of sp³-hybridized carbons (Fsp3) is 0.0667. The molecular formula is C15H10F3N3O2S.